The maximum absolute atomic E-state index is 13.6. The van der Waals surface area contributed by atoms with Gasteiger partial charge in [-0.1, -0.05) is 0 Å². The fourth-order valence-electron chi connectivity index (χ4n) is 1.60. The molecular formula is C11H12FNO6. The number of carbonyl (C=O) groups is 1. The second-order valence-corrected chi connectivity index (χ2v) is 4.03. The van der Waals surface area contributed by atoms with E-state index in [2.05, 4.69) is 0 Å². The number of nitro benzene ring substituents is 1. The van der Waals surface area contributed by atoms with Gasteiger partial charge >= 0.3 is 5.97 Å². The number of carboxylic acid groups (broad SMARTS) is 1. The van der Waals surface area contributed by atoms with E-state index < -0.39 is 46.6 Å². The van der Waals surface area contributed by atoms with Crippen LogP contribution in [0.4, 0.5) is 10.1 Å². The maximum atomic E-state index is 13.6. The lowest BCUT2D eigenvalue weighted by Crippen LogP contribution is -2.22. The average molecular weight is 273 g/mol. The van der Waals surface area contributed by atoms with Crippen molar-refractivity contribution in [2.75, 3.05) is 0 Å². The van der Waals surface area contributed by atoms with Gasteiger partial charge in [-0.3, -0.25) is 14.9 Å². The normalized spacial score (nSPS) is 13.9. The number of rotatable bonds is 5. The summed E-state index contributed by atoms with van der Waals surface area (Å²) in [5, 5.41) is 38.2. The molecule has 19 heavy (non-hydrogen) atoms. The first-order valence-electron chi connectivity index (χ1n) is 5.26. The number of aryl methyl sites for hydroxylation is 1. The highest BCUT2D eigenvalue weighted by Crippen LogP contribution is 2.28. The summed E-state index contributed by atoms with van der Waals surface area (Å²) in [6, 6.07) is 1.64. The number of nitrogens with zero attached hydrogens (tertiary/aromatic N) is 1. The van der Waals surface area contributed by atoms with Crippen molar-refractivity contribution in [3.05, 3.63) is 39.2 Å². The molecule has 1 rings (SSSR count). The Hall–Kier alpha value is -2.06. The van der Waals surface area contributed by atoms with Crippen molar-refractivity contribution in [1.82, 2.24) is 0 Å². The summed E-state index contributed by atoms with van der Waals surface area (Å²) < 4.78 is 13.6. The fraction of sp³-hybridized carbons (Fsp3) is 0.364. The van der Waals surface area contributed by atoms with Gasteiger partial charge in [0.05, 0.1) is 17.4 Å². The summed E-state index contributed by atoms with van der Waals surface area (Å²) in [4.78, 5) is 20.3. The molecule has 8 heteroatoms. The van der Waals surface area contributed by atoms with Crippen molar-refractivity contribution < 1.29 is 29.4 Å². The first kappa shape index (κ1) is 15.0. The Morgan fingerprint density at radius 3 is 2.53 bits per heavy atom. The molecule has 0 aliphatic carbocycles. The molecule has 0 aromatic heterocycles. The Morgan fingerprint density at radius 1 is 1.47 bits per heavy atom. The molecule has 0 aliphatic rings. The van der Waals surface area contributed by atoms with Crippen molar-refractivity contribution >= 4 is 11.7 Å². The van der Waals surface area contributed by atoms with Gasteiger partial charge in [0, 0.05) is 17.2 Å². The zero-order chi connectivity index (χ0) is 14.7. The minimum Gasteiger partial charge on any atom is -0.481 e. The van der Waals surface area contributed by atoms with Crippen molar-refractivity contribution in [1.29, 1.82) is 0 Å². The number of benzene rings is 1. The van der Waals surface area contributed by atoms with Gasteiger partial charge in [0.1, 0.15) is 11.9 Å². The van der Waals surface area contributed by atoms with E-state index in [0.29, 0.717) is 0 Å². The standard InChI is InChI=1S/C11H12FNO6/c1-5-2-7(12)6(3-8(5)13(18)19)11(17)9(14)4-10(15)16/h2-3,9,11,14,17H,4H2,1H3,(H,15,16). The van der Waals surface area contributed by atoms with E-state index in [4.69, 9.17) is 5.11 Å². The molecule has 0 fully saturated rings. The molecule has 0 spiro atoms. The second kappa shape index (κ2) is 5.72. The molecule has 1 aromatic carbocycles. The first-order valence-corrected chi connectivity index (χ1v) is 5.26. The Balaban J connectivity index is 3.15. The van der Waals surface area contributed by atoms with E-state index in [-0.39, 0.29) is 5.56 Å². The van der Waals surface area contributed by atoms with Crippen molar-refractivity contribution in [2.24, 2.45) is 0 Å². The predicted octanol–water partition coefficient (Wildman–Crippen LogP) is 0.911. The van der Waals surface area contributed by atoms with Crippen LogP contribution in [0, 0.1) is 22.9 Å². The van der Waals surface area contributed by atoms with Crippen LogP contribution >= 0.6 is 0 Å². The molecule has 0 aliphatic heterocycles. The van der Waals surface area contributed by atoms with Crippen LogP contribution in [0.25, 0.3) is 0 Å². The van der Waals surface area contributed by atoms with Gasteiger partial charge in [0.2, 0.25) is 0 Å². The third-order valence-corrected chi connectivity index (χ3v) is 2.58. The SMILES string of the molecule is Cc1cc(F)c(C(O)C(O)CC(=O)O)cc1[N+](=O)[O-]. The van der Waals surface area contributed by atoms with Crippen LogP contribution in [0.5, 0.6) is 0 Å². The lowest BCUT2D eigenvalue weighted by Gasteiger charge is -2.17. The molecular weight excluding hydrogens is 261 g/mol. The molecule has 104 valence electrons. The summed E-state index contributed by atoms with van der Waals surface area (Å²) in [5.41, 5.74) is -0.866. The number of aliphatic hydroxyl groups is 2. The third-order valence-electron chi connectivity index (χ3n) is 2.58. The van der Waals surface area contributed by atoms with Crippen LogP contribution in [0.3, 0.4) is 0 Å². The van der Waals surface area contributed by atoms with Crippen LogP contribution in [-0.2, 0) is 4.79 Å². The Bertz CT molecular complexity index is 518. The molecule has 0 saturated carbocycles. The van der Waals surface area contributed by atoms with Crippen molar-refractivity contribution in [3.8, 4) is 0 Å². The molecule has 1 aromatic rings. The van der Waals surface area contributed by atoms with E-state index in [1.54, 1.807) is 0 Å². The second-order valence-electron chi connectivity index (χ2n) is 4.03. The number of aliphatic hydroxyl groups excluding tert-OH is 2. The number of carboxylic acids is 1. The van der Waals surface area contributed by atoms with Crippen molar-refractivity contribution in [2.45, 2.75) is 25.6 Å². The van der Waals surface area contributed by atoms with Gasteiger partial charge in [-0.05, 0) is 13.0 Å². The Morgan fingerprint density at radius 2 is 2.05 bits per heavy atom. The highest BCUT2D eigenvalue weighted by molar-refractivity contribution is 5.67. The van der Waals surface area contributed by atoms with E-state index in [1.807, 2.05) is 0 Å². The zero-order valence-electron chi connectivity index (χ0n) is 9.91. The van der Waals surface area contributed by atoms with Crippen LogP contribution < -0.4 is 0 Å². The number of aliphatic carboxylic acids is 1. The summed E-state index contributed by atoms with van der Waals surface area (Å²) in [6.45, 7) is 1.32. The number of nitro groups is 1. The first-order chi connectivity index (χ1) is 8.73. The van der Waals surface area contributed by atoms with Crippen LogP contribution in [0.15, 0.2) is 12.1 Å². The van der Waals surface area contributed by atoms with Gasteiger partial charge in [0.25, 0.3) is 5.69 Å². The van der Waals surface area contributed by atoms with E-state index in [9.17, 15) is 29.5 Å². The van der Waals surface area contributed by atoms with Gasteiger partial charge in [0.15, 0.2) is 0 Å². The van der Waals surface area contributed by atoms with Crippen molar-refractivity contribution in [3.63, 3.8) is 0 Å². The average Bonchev–Trinajstić information content (AvgIpc) is 2.26. The number of halogens is 1. The molecule has 2 atom stereocenters. The van der Waals surface area contributed by atoms with E-state index in [0.717, 1.165) is 12.1 Å². The minimum atomic E-state index is -1.85. The molecule has 0 bridgehead atoms. The number of hydrogen-bond acceptors (Lipinski definition) is 5. The smallest absolute Gasteiger partial charge is 0.306 e. The lowest BCUT2D eigenvalue weighted by molar-refractivity contribution is -0.385. The van der Waals surface area contributed by atoms with Gasteiger partial charge in [-0.25, -0.2) is 4.39 Å². The monoisotopic (exact) mass is 273 g/mol. The molecule has 0 heterocycles. The van der Waals surface area contributed by atoms with Gasteiger partial charge < -0.3 is 15.3 Å². The third kappa shape index (κ3) is 3.46. The van der Waals surface area contributed by atoms with Crippen LogP contribution in [0.2, 0.25) is 0 Å². The predicted molar refractivity (Wildman–Crippen MR) is 61.0 cm³/mol. The Kier molecular flexibility index (Phi) is 4.52. The lowest BCUT2D eigenvalue weighted by atomic mass is 9.99. The van der Waals surface area contributed by atoms with Crippen LogP contribution in [0.1, 0.15) is 23.7 Å². The number of hydrogen-bond donors (Lipinski definition) is 3. The summed E-state index contributed by atoms with van der Waals surface area (Å²) in [7, 11) is 0. The zero-order valence-corrected chi connectivity index (χ0v) is 9.91. The topological polar surface area (TPSA) is 121 Å². The molecule has 0 amide bonds. The highest BCUT2D eigenvalue weighted by Gasteiger charge is 2.26. The summed E-state index contributed by atoms with van der Waals surface area (Å²) in [5.74, 6) is -2.33. The molecule has 7 nitrogen and oxygen atoms in total. The summed E-state index contributed by atoms with van der Waals surface area (Å²) in [6.07, 6.45) is -4.41. The van der Waals surface area contributed by atoms with Crippen LogP contribution in [-0.4, -0.2) is 32.3 Å². The highest BCUT2D eigenvalue weighted by atomic mass is 19.1. The summed E-state index contributed by atoms with van der Waals surface area (Å²) >= 11 is 0. The van der Waals surface area contributed by atoms with Gasteiger partial charge in [-0.15, -0.1) is 0 Å². The quantitative estimate of drug-likeness (QED) is 0.541. The molecule has 2 unspecified atom stereocenters. The molecule has 0 radical (unpaired) electrons. The molecule has 0 saturated heterocycles. The van der Waals surface area contributed by atoms with E-state index in [1.165, 1.54) is 6.92 Å². The minimum absolute atomic E-state index is 0.0613. The molecule has 3 N–H and O–H groups in total. The largest absolute Gasteiger partial charge is 0.481 e. The fourth-order valence-corrected chi connectivity index (χ4v) is 1.60. The maximum Gasteiger partial charge on any atom is 0.306 e. The van der Waals surface area contributed by atoms with E-state index >= 15 is 0 Å². The Labute approximate surface area is 107 Å². The van der Waals surface area contributed by atoms with Gasteiger partial charge in [-0.2, -0.15) is 0 Å².